The van der Waals surface area contributed by atoms with Gasteiger partial charge in [-0.05, 0) is 11.5 Å². The molecule has 0 aliphatic heterocycles. The van der Waals surface area contributed by atoms with E-state index in [-0.39, 0.29) is 4.58 Å². The predicted octanol–water partition coefficient (Wildman–Crippen LogP) is -0.106. The zero-order valence-corrected chi connectivity index (χ0v) is 10.7. The number of rotatable bonds is 8. The molecule has 0 bridgehead atoms. The van der Waals surface area contributed by atoms with Crippen LogP contribution in [0.1, 0.15) is 13.8 Å². The van der Waals surface area contributed by atoms with Gasteiger partial charge in [-0.25, -0.2) is 0 Å². The number of hydrogen-bond donors (Lipinski definition) is 4. The summed E-state index contributed by atoms with van der Waals surface area (Å²) in [5.41, 5.74) is 0. The Morgan fingerprint density at radius 1 is 0.933 bits per heavy atom. The predicted molar refractivity (Wildman–Crippen MR) is 65.2 cm³/mol. The lowest BCUT2D eigenvalue weighted by molar-refractivity contribution is -0.0706. The molecule has 0 radical (unpaired) electrons. The molecular weight excluding hydrogens is 236 g/mol. The van der Waals surface area contributed by atoms with E-state index in [1.165, 1.54) is 23.5 Å². The molecule has 15 heavy (non-hydrogen) atoms. The van der Waals surface area contributed by atoms with Crippen LogP contribution in [0.4, 0.5) is 0 Å². The van der Waals surface area contributed by atoms with Gasteiger partial charge in [0.15, 0.2) is 0 Å². The molecule has 0 aromatic carbocycles. The highest BCUT2D eigenvalue weighted by molar-refractivity contribution is 8.17. The van der Waals surface area contributed by atoms with Crippen LogP contribution in [0.25, 0.3) is 0 Å². The average Bonchev–Trinajstić information content (AvgIpc) is 2.25. The van der Waals surface area contributed by atoms with E-state index in [4.69, 9.17) is 5.11 Å². The molecule has 0 saturated carbocycles. The third-order valence-electron chi connectivity index (χ3n) is 1.87. The van der Waals surface area contributed by atoms with Crippen LogP contribution in [0, 0.1) is 0 Å². The van der Waals surface area contributed by atoms with Crippen molar-refractivity contribution >= 4 is 23.5 Å². The second kappa shape index (κ2) is 8.66. The van der Waals surface area contributed by atoms with E-state index >= 15 is 0 Å². The molecule has 6 heteroatoms. The average molecular weight is 256 g/mol. The van der Waals surface area contributed by atoms with Gasteiger partial charge in [0.2, 0.25) is 0 Å². The van der Waals surface area contributed by atoms with Crippen LogP contribution in [0.2, 0.25) is 0 Å². The van der Waals surface area contributed by atoms with Gasteiger partial charge in [-0.2, -0.15) is 0 Å². The van der Waals surface area contributed by atoms with Gasteiger partial charge in [0.05, 0.1) is 11.2 Å². The molecule has 0 aromatic heterocycles. The summed E-state index contributed by atoms with van der Waals surface area (Å²) in [6, 6.07) is 0. The molecule has 0 saturated heterocycles. The Morgan fingerprint density at radius 3 is 1.73 bits per heavy atom. The maximum Gasteiger partial charge on any atom is 0.110 e. The normalized spacial score (nSPS) is 17.8. The molecule has 4 N–H and O–H groups in total. The van der Waals surface area contributed by atoms with Crippen LogP contribution < -0.4 is 0 Å². The number of aliphatic hydroxyl groups excluding tert-OH is 4. The standard InChI is InChI=1S/C9H20O4S2/c1-3-14-9(15-4-2)8(13)7(12)6(11)5-10/h6-13H,3-5H2,1-2H3/t6-,7-,8+/m0/s1. The van der Waals surface area contributed by atoms with Crippen molar-refractivity contribution in [3.05, 3.63) is 0 Å². The quantitative estimate of drug-likeness (QED) is 0.454. The molecule has 0 aliphatic rings. The first-order chi connectivity index (χ1) is 7.08. The van der Waals surface area contributed by atoms with Crippen molar-refractivity contribution in [1.82, 2.24) is 0 Å². The maximum absolute atomic E-state index is 9.78. The highest BCUT2D eigenvalue weighted by Crippen LogP contribution is 2.28. The summed E-state index contributed by atoms with van der Waals surface area (Å²) in [6.45, 7) is 3.39. The second-order valence-corrected chi connectivity index (χ2v) is 6.15. The maximum atomic E-state index is 9.78. The van der Waals surface area contributed by atoms with E-state index < -0.39 is 24.9 Å². The highest BCUT2D eigenvalue weighted by Gasteiger charge is 2.30. The zero-order valence-electron chi connectivity index (χ0n) is 9.04. The van der Waals surface area contributed by atoms with E-state index in [9.17, 15) is 15.3 Å². The minimum absolute atomic E-state index is 0.170. The van der Waals surface area contributed by atoms with E-state index in [0.29, 0.717) is 0 Å². The third-order valence-corrected chi connectivity index (χ3v) is 4.57. The Bertz CT molecular complexity index is 153. The fourth-order valence-electron chi connectivity index (χ4n) is 1.07. The first kappa shape index (κ1) is 15.5. The minimum Gasteiger partial charge on any atom is -0.394 e. The van der Waals surface area contributed by atoms with Gasteiger partial charge >= 0.3 is 0 Å². The Kier molecular flexibility index (Phi) is 8.98. The largest absolute Gasteiger partial charge is 0.394 e. The smallest absolute Gasteiger partial charge is 0.110 e. The van der Waals surface area contributed by atoms with Gasteiger partial charge in [-0.3, -0.25) is 0 Å². The zero-order chi connectivity index (χ0) is 11.8. The van der Waals surface area contributed by atoms with Crippen molar-refractivity contribution in [2.45, 2.75) is 36.7 Å². The lowest BCUT2D eigenvalue weighted by Crippen LogP contribution is -2.44. The van der Waals surface area contributed by atoms with Crippen molar-refractivity contribution in [2.24, 2.45) is 0 Å². The Labute approximate surface area is 99.1 Å². The Morgan fingerprint density at radius 2 is 1.40 bits per heavy atom. The highest BCUT2D eigenvalue weighted by atomic mass is 32.2. The summed E-state index contributed by atoms with van der Waals surface area (Å²) in [5.74, 6) is 1.66. The minimum atomic E-state index is -1.29. The summed E-state index contributed by atoms with van der Waals surface area (Å²) >= 11 is 3.05. The molecular formula is C9H20O4S2. The van der Waals surface area contributed by atoms with Crippen LogP contribution >= 0.6 is 23.5 Å². The topological polar surface area (TPSA) is 80.9 Å². The molecule has 0 rings (SSSR count). The molecule has 92 valence electrons. The number of hydrogen-bond acceptors (Lipinski definition) is 6. The summed E-state index contributed by atoms with van der Waals surface area (Å²) in [5, 5.41) is 37.2. The van der Waals surface area contributed by atoms with E-state index in [1.54, 1.807) is 0 Å². The van der Waals surface area contributed by atoms with Crippen molar-refractivity contribution in [3.8, 4) is 0 Å². The third kappa shape index (κ3) is 5.42. The van der Waals surface area contributed by atoms with Crippen molar-refractivity contribution in [2.75, 3.05) is 18.1 Å². The summed E-state index contributed by atoms with van der Waals surface area (Å²) in [7, 11) is 0. The molecule has 0 aromatic rings. The van der Waals surface area contributed by atoms with E-state index in [1.807, 2.05) is 13.8 Å². The molecule has 0 unspecified atom stereocenters. The van der Waals surface area contributed by atoms with Crippen LogP contribution in [0.3, 0.4) is 0 Å². The van der Waals surface area contributed by atoms with Gasteiger partial charge in [0, 0.05) is 0 Å². The SMILES string of the molecule is CCSC(SCC)[C@H](O)[C@@H](O)[C@@H](O)CO. The van der Waals surface area contributed by atoms with Crippen LogP contribution in [-0.4, -0.2) is 61.4 Å². The lowest BCUT2D eigenvalue weighted by Gasteiger charge is -2.27. The van der Waals surface area contributed by atoms with Crippen molar-refractivity contribution < 1.29 is 20.4 Å². The Balaban J connectivity index is 4.26. The molecule has 0 aliphatic carbocycles. The fourth-order valence-corrected chi connectivity index (χ4v) is 3.65. The molecule has 0 fully saturated rings. The molecule has 0 spiro atoms. The van der Waals surface area contributed by atoms with Crippen LogP contribution in [-0.2, 0) is 0 Å². The summed E-state index contributed by atoms with van der Waals surface area (Å²) in [6.07, 6.45) is -3.60. The van der Waals surface area contributed by atoms with Gasteiger partial charge in [-0.15, -0.1) is 23.5 Å². The fraction of sp³-hybridized carbons (Fsp3) is 1.00. The van der Waals surface area contributed by atoms with Crippen LogP contribution in [0.5, 0.6) is 0 Å². The van der Waals surface area contributed by atoms with Crippen molar-refractivity contribution in [3.63, 3.8) is 0 Å². The number of thioether (sulfide) groups is 2. The van der Waals surface area contributed by atoms with E-state index in [0.717, 1.165) is 11.5 Å². The van der Waals surface area contributed by atoms with E-state index in [2.05, 4.69) is 0 Å². The van der Waals surface area contributed by atoms with Gasteiger partial charge in [-0.1, -0.05) is 13.8 Å². The molecule has 3 atom stereocenters. The Hall–Kier alpha value is 0.540. The first-order valence-corrected chi connectivity index (χ1v) is 7.06. The van der Waals surface area contributed by atoms with Crippen molar-refractivity contribution in [1.29, 1.82) is 0 Å². The van der Waals surface area contributed by atoms with Crippen LogP contribution in [0.15, 0.2) is 0 Å². The van der Waals surface area contributed by atoms with Gasteiger partial charge in [0.25, 0.3) is 0 Å². The first-order valence-electron chi connectivity index (χ1n) is 4.96. The lowest BCUT2D eigenvalue weighted by atomic mass is 10.1. The number of aliphatic hydroxyl groups is 4. The molecule has 0 heterocycles. The van der Waals surface area contributed by atoms with Gasteiger partial charge in [0.1, 0.15) is 18.3 Å². The summed E-state index contributed by atoms with van der Waals surface area (Å²) in [4.78, 5) is 0. The second-order valence-electron chi connectivity index (χ2n) is 3.01. The van der Waals surface area contributed by atoms with Gasteiger partial charge < -0.3 is 20.4 Å². The summed E-state index contributed by atoms with van der Waals surface area (Å²) < 4.78 is -0.170. The molecule has 4 nitrogen and oxygen atoms in total. The molecule has 0 amide bonds. The monoisotopic (exact) mass is 256 g/mol.